The fraction of sp³-hybridized carbons (Fsp3) is 0.0169. The van der Waals surface area contributed by atoms with Crippen molar-refractivity contribution in [1.82, 2.24) is 0 Å². The van der Waals surface area contributed by atoms with Crippen molar-refractivity contribution >= 4 is 49.8 Å². The van der Waals surface area contributed by atoms with E-state index in [1.807, 2.05) is 0 Å². The van der Waals surface area contributed by atoms with Gasteiger partial charge in [0.2, 0.25) is 0 Å². The molecule has 0 saturated carbocycles. The van der Waals surface area contributed by atoms with Gasteiger partial charge in [0.1, 0.15) is 17.1 Å². The predicted molar refractivity (Wildman–Crippen MR) is 254 cm³/mol. The smallest absolute Gasteiger partial charge is 0.159 e. The largest absolute Gasteiger partial charge is 0.457 e. The van der Waals surface area contributed by atoms with Crippen LogP contribution in [0.1, 0.15) is 22.3 Å². The quantitative estimate of drug-likeness (QED) is 0.174. The molecule has 2 aliphatic rings. The summed E-state index contributed by atoms with van der Waals surface area (Å²) in [7, 11) is 0. The van der Waals surface area contributed by atoms with Crippen LogP contribution < -0.4 is 9.64 Å². The van der Waals surface area contributed by atoms with Crippen LogP contribution in [-0.2, 0) is 5.41 Å². The highest BCUT2D eigenvalue weighted by atomic mass is 16.5. The van der Waals surface area contributed by atoms with Crippen molar-refractivity contribution in [2.75, 3.05) is 4.90 Å². The molecule has 1 aliphatic carbocycles. The standard InChI is InChI=1S/C59H37NO2/c1-2-15-38(16-3-1)41-18-12-19-43(37-41)60(53-28-14-23-46-47-36-33-39-17-4-5-20-45(39)57(47)62-58(46)53)42-34-31-40(32-35-42)44-22-13-27-52-56(44)48-21-6-7-24-49(48)59(52)50-25-8-10-29-54(50)61-55-30-11-9-26-51(55)59/h1-37H. The van der Waals surface area contributed by atoms with Gasteiger partial charge in [-0.25, -0.2) is 0 Å². The highest BCUT2D eigenvalue weighted by molar-refractivity contribution is 6.17. The number of fused-ring (bicyclic) bond motifs is 14. The van der Waals surface area contributed by atoms with Gasteiger partial charge in [0.25, 0.3) is 0 Å². The number of benzene rings is 10. The molecule has 0 radical (unpaired) electrons. The summed E-state index contributed by atoms with van der Waals surface area (Å²) in [4.78, 5) is 2.35. The minimum absolute atomic E-state index is 0.523. The fourth-order valence-corrected chi connectivity index (χ4v) is 10.5. The van der Waals surface area contributed by atoms with Crippen molar-refractivity contribution in [3.8, 4) is 44.9 Å². The molecular weight excluding hydrogens is 755 g/mol. The normalized spacial score (nSPS) is 13.1. The van der Waals surface area contributed by atoms with Crippen molar-refractivity contribution in [3.63, 3.8) is 0 Å². The van der Waals surface area contributed by atoms with Crippen molar-refractivity contribution in [2.24, 2.45) is 0 Å². The van der Waals surface area contributed by atoms with E-state index in [2.05, 4.69) is 229 Å². The molecule has 0 unspecified atom stereocenters. The highest BCUT2D eigenvalue weighted by Gasteiger charge is 2.51. The van der Waals surface area contributed by atoms with Crippen molar-refractivity contribution in [3.05, 3.63) is 247 Å². The van der Waals surface area contributed by atoms with Crippen molar-refractivity contribution in [2.45, 2.75) is 5.41 Å². The van der Waals surface area contributed by atoms with Crippen LogP contribution in [0, 0.1) is 0 Å². The monoisotopic (exact) mass is 791 g/mol. The lowest BCUT2D eigenvalue weighted by molar-refractivity contribution is 0.436. The van der Waals surface area contributed by atoms with Gasteiger partial charge in [-0.1, -0.05) is 176 Å². The lowest BCUT2D eigenvalue weighted by Gasteiger charge is -2.39. The second-order valence-electron chi connectivity index (χ2n) is 16.3. The molecular formula is C59H37NO2. The molecule has 1 aromatic heterocycles. The summed E-state index contributed by atoms with van der Waals surface area (Å²) in [6, 6.07) is 80.7. The Morgan fingerprint density at radius 3 is 1.79 bits per heavy atom. The van der Waals surface area contributed by atoms with E-state index in [0.29, 0.717) is 0 Å². The van der Waals surface area contributed by atoms with Gasteiger partial charge in [0, 0.05) is 38.7 Å². The summed E-state index contributed by atoms with van der Waals surface area (Å²) in [5, 5.41) is 4.47. The Kier molecular flexibility index (Phi) is 7.52. The van der Waals surface area contributed by atoms with E-state index in [1.54, 1.807) is 0 Å². The van der Waals surface area contributed by atoms with Gasteiger partial charge in [-0.05, 0) is 98.4 Å². The van der Waals surface area contributed by atoms with Gasteiger partial charge in [0.05, 0.1) is 11.1 Å². The number of rotatable bonds is 5. The molecule has 0 atom stereocenters. The van der Waals surface area contributed by atoms with E-state index < -0.39 is 5.41 Å². The van der Waals surface area contributed by atoms with Gasteiger partial charge in [-0.2, -0.15) is 0 Å². The number of para-hydroxylation sites is 3. The molecule has 10 aromatic carbocycles. The molecule has 62 heavy (non-hydrogen) atoms. The van der Waals surface area contributed by atoms with Crippen molar-refractivity contribution in [1.29, 1.82) is 0 Å². The second kappa shape index (κ2) is 13.4. The summed E-state index contributed by atoms with van der Waals surface area (Å²) >= 11 is 0. The Bertz CT molecular complexity index is 3520. The molecule has 3 heteroatoms. The van der Waals surface area contributed by atoms with Crippen LogP contribution in [0.5, 0.6) is 11.5 Å². The van der Waals surface area contributed by atoms with Gasteiger partial charge >= 0.3 is 0 Å². The van der Waals surface area contributed by atoms with E-state index in [4.69, 9.17) is 9.15 Å². The van der Waals surface area contributed by atoms with Gasteiger partial charge < -0.3 is 14.1 Å². The predicted octanol–water partition coefficient (Wildman–Crippen LogP) is 16.0. The number of ether oxygens (including phenoxy) is 1. The lowest BCUT2D eigenvalue weighted by atomic mass is 9.66. The molecule has 13 rings (SSSR count). The minimum atomic E-state index is -0.523. The lowest BCUT2D eigenvalue weighted by Crippen LogP contribution is -2.32. The average molecular weight is 792 g/mol. The first-order valence-electron chi connectivity index (χ1n) is 21.2. The van der Waals surface area contributed by atoms with Gasteiger partial charge in [-0.3, -0.25) is 0 Å². The summed E-state index contributed by atoms with van der Waals surface area (Å²) in [5.41, 5.74) is 16.4. The van der Waals surface area contributed by atoms with Crippen LogP contribution in [0.15, 0.2) is 229 Å². The van der Waals surface area contributed by atoms with E-state index in [0.717, 1.165) is 72.4 Å². The zero-order valence-corrected chi connectivity index (χ0v) is 33.6. The third-order valence-corrected chi connectivity index (χ3v) is 13.1. The van der Waals surface area contributed by atoms with Crippen LogP contribution in [-0.4, -0.2) is 0 Å². The second-order valence-corrected chi connectivity index (χ2v) is 16.3. The summed E-state index contributed by atoms with van der Waals surface area (Å²) < 4.78 is 13.6. The molecule has 2 heterocycles. The van der Waals surface area contributed by atoms with Crippen LogP contribution in [0.2, 0.25) is 0 Å². The van der Waals surface area contributed by atoms with Crippen LogP contribution >= 0.6 is 0 Å². The van der Waals surface area contributed by atoms with E-state index in [9.17, 15) is 0 Å². The molecule has 0 saturated heterocycles. The zero-order chi connectivity index (χ0) is 40.8. The number of hydrogen-bond acceptors (Lipinski definition) is 3. The molecule has 0 bridgehead atoms. The summed E-state index contributed by atoms with van der Waals surface area (Å²) in [5.74, 6) is 1.79. The summed E-state index contributed by atoms with van der Waals surface area (Å²) in [6.07, 6.45) is 0. The van der Waals surface area contributed by atoms with Crippen LogP contribution in [0.4, 0.5) is 17.1 Å². The minimum Gasteiger partial charge on any atom is -0.457 e. The average Bonchev–Trinajstić information content (AvgIpc) is 3.88. The molecule has 3 nitrogen and oxygen atoms in total. The summed E-state index contributed by atoms with van der Waals surface area (Å²) in [6.45, 7) is 0. The molecule has 0 N–H and O–H groups in total. The number of hydrogen-bond donors (Lipinski definition) is 0. The van der Waals surface area contributed by atoms with E-state index >= 15 is 0 Å². The third-order valence-electron chi connectivity index (χ3n) is 13.1. The maximum Gasteiger partial charge on any atom is 0.159 e. The molecule has 11 aromatic rings. The molecule has 0 amide bonds. The Labute approximate surface area is 359 Å². The Morgan fingerprint density at radius 1 is 0.355 bits per heavy atom. The fourth-order valence-electron chi connectivity index (χ4n) is 10.5. The number of nitrogens with zero attached hydrogens (tertiary/aromatic N) is 1. The molecule has 1 aliphatic heterocycles. The van der Waals surface area contributed by atoms with E-state index in [1.165, 1.54) is 44.5 Å². The first-order chi connectivity index (χ1) is 30.8. The zero-order valence-electron chi connectivity index (χ0n) is 33.6. The van der Waals surface area contributed by atoms with E-state index in [-0.39, 0.29) is 0 Å². The molecule has 0 fully saturated rings. The third kappa shape index (κ3) is 4.94. The maximum atomic E-state index is 6.97. The van der Waals surface area contributed by atoms with Crippen molar-refractivity contribution < 1.29 is 9.15 Å². The molecule has 290 valence electrons. The Balaban J connectivity index is 1.00. The van der Waals surface area contributed by atoms with Gasteiger partial charge in [-0.15, -0.1) is 0 Å². The number of furan rings is 1. The topological polar surface area (TPSA) is 25.6 Å². The maximum absolute atomic E-state index is 6.97. The van der Waals surface area contributed by atoms with Gasteiger partial charge in [0.15, 0.2) is 5.58 Å². The first kappa shape index (κ1) is 34.7. The number of anilines is 3. The first-order valence-corrected chi connectivity index (χ1v) is 21.2. The molecule has 1 spiro atoms. The highest BCUT2D eigenvalue weighted by Crippen LogP contribution is 2.63. The Morgan fingerprint density at radius 2 is 0.968 bits per heavy atom. The SMILES string of the molecule is c1ccc(-c2cccc(N(c3ccc(-c4cccc5c4-c4ccccc4C54c5ccccc5Oc5ccccc54)cc3)c3cccc4c3oc3c5ccccc5ccc43)c2)cc1. The Hall–Kier alpha value is -8.14. The van der Waals surface area contributed by atoms with Crippen LogP contribution in [0.25, 0.3) is 66.1 Å². The van der Waals surface area contributed by atoms with Crippen LogP contribution in [0.3, 0.4) is 0 Å².